The average Bonchev–Trinajstić information content (AvgIpc) is 3.12. The molecule has 4 N–H and O–H groups in total. The van der Waals surface area contributed by atoms with E-state index in [1.807, 2.05) is 13.1 Å². The molecule has 31 heavy (non-hydrogen) atoms. The number of fused-ring (bicyclic) bond motifs is 1. The van der Waals surface area contributed by atoms with Crippen molar-refractivity contribution in [2.75, 3.05) is 23.7 Å². The highest BCUT2D eigenvalue weighted by molar-refractivity contribution is 5.60. The van der Waals surface area contributed by atoms with E-state index in [1.54, 1.807) is 10.7 Å². The Morgan fingerprint density at radius 2 is 2.00 bits per heavy atom. The molecule has 0 saturated carbocycles. The number of pyridine rings is 1. The van der Waals surface area contributed by atoms with E-state index in [9.17, 15) is 0 Å². The maximum Gasteiger partial charge on any atom is 0.336 e. The number of nitrogens with two attached hydrogens (primary N) is 2. The molecule has 0 aromatic carbocycles. The van der Waals surface area contributed by atoms with Gasteiger partial charge in [-0.15, -0.1) is 5.10 Å². The predicted molar refractivity (Wildman–Crippen MR) is 121 cm³/mol. The van der Waals surface area contributed by atoms with Crippen molar-refractivity contribution >= 4 is 17.3 Å². The van der Waals surface area contributed by atoms with Gasteiger partial charge in [0.1, 0.15) is 5.82 Å². The van der Waals surface area contributed by atoms with Gasteiger partial charge in [0.15, 0.2) is 11.5 Å². The van der Waals surface area contributed by atoms with Crippen LogP contribution in [0.5, 0.6) is 6.01 Å². The molecular formula is C22H32N8O. The number of hydrogen-bond donors (Lipinski definition) is 2. The first-order valence-corrected chi connectivity index (χ1v) is 11.1. The Morgan fingerprint density at radius 3 is 2.71 bits per heavy atom. The fraction of sp³-hybridized carbons (Fsp3) is 0.545. The van der Waals surface area contributed by atoms with Crippen LogP contribution in [-0.4, -0.2) is 49.8 Å². The molecule has 3 aromatic rings. The number of aromatic nitrogens is 5. The maximum atomic E-state index is 6.11. The summed E-state index contributed by atoms with van der Waals surface area (Å²) in [5.74, 6) is 1.36. The molecule has 0 amide bonds. The summed E-state index contributed by atoms with van der Waals surface area (Å²) in [6.45, 7) is 8.14. The van der Waals surface area contributed by atoms with E-state index < -0.39 is 0 Å². The number of anilines is 2. The topological polar surface area (TPSA) is 120 Å². The van der Waals surface area contributed by atoms with Crippen LogP contribution in [0.3, 0.4) is 0 Å². The zero-order valence-electron chi connectivity index (χ0n) is 18.6. The molecule has 9 nitrogen and oxygen atoms in total. The lowest BCUT2D eigenvalue weighted by Gasteiger charge is -2.32. The standard InChI is InChI=1S/C22H32N8O/c1-4-5-15(3)31-22-27-19(24)21-26-13-18(30(21)28-22)11-16-10-14(2)20(25-12-16)29-8-6-17(23)7-9-29/h10,12-13,15,17H,4-9,11,23H2,1-3H3,(H2,24,27,28). The summed E-state index contributed by atoms with van der Waals surface area (Å²) in [4.78, 5) is 15.8. The van der Waals surface area contributed by atoms with Crippen molar-refractivity contribution < 1.29 is 4.74 Å². The minimum atomic E-state index is 0.0255. The molecule has 1 aliphatic heterocycles. The number of hydrogen-bond acceptors (Lipinski definition) is 8. The van der Waals surface area contributed by atoms with Crippen LogP contribution in [0.2, 0.25) is 0 Å². The number of rotatable bonds is 7. The van der Waals surface area contributed by atoms with Crippen molar-refractivity contribution in [3.63, 3.8) is 0 Å². The van der Waals surface area contributed by atoms with Crippen molar-refractivity contribution in [2.45, 2.75) is 65.0 Å². The van der Waals surface area contributed by atoms with Gasteiger partial charge < -0.3 is 21.1 Å². The Morgan fingerprint density at radius 1 is 1.23 bits per heavy atom. The van der Waals surface area contributed by atoms with Crippen LogP contribution in [0.15, 0.2) is 18.5 Å². The van der Waals surface area contributed by atoms with Crippen molar-refractivity contribution in [3.05, 3.63) is 35.3 Å². The fourth-order valence-electron chi connectivity index (χ4n) is 4.12. The molecule has 1 saturated heterocycles. The van der Waals surface area contributed by atoms with Gasteiger partial charge in [-0.1, -0.05) is 19.4 Å². The smallest absolute Gasteiger partial charge is 0.336 e. The first-order chi connectivity index (χ1) is 14.9. The van der Waals surface area contributed by atoms with Gasteiger partial charge in [0, 0.05) is 31.7 Å². The Labute approximate surface area is 182 Å². The van der Waals surface area contributed by atoms with Crippen molar-refractivity contribution in [3.8, 4) is 6.01 Å². The van der Waals surface area contributed by atoms with E-state index in [0.29, 0.717) is 23.9 Å². The SMILES string of the molecule is CCCC(C)Oc1nc(N)c2ncc(Cc3cnc(N4CCC(N)CC4)c(C)c3)n2n1. The van der Waals surface area contributed by atoms with E-state index in [-0.39, 0.29) is 12.1 Å². The summed E-state index contributed by atoms with van der Waals surface area (Å²) in [6.07, 6.45) is 8.36. The molecule has 0 bridgehead atoms. The lowest BCUT2D eigenvalue weighted by molar-refractivity contribution is 0.189. The fourth-order valence-corrected chi connectivity index (χ4v) is 4.12. The van der Waals surface area contributed by atoms with Crippen molar-refractivity contribution in [1.29, 1.82) is 0 Å². The summed E-state index contributed by atoms with van der Waals surface area (Å²) in [5, 5.41) is 4.54. The van der Waals surface area contributed by atoms with Crippen LogP contribution in [-0.2, 0) is 6.42 Å². The molecule has 3 aromatic heterocycles. The second-order valence-electron chi connectivity index (χ2n) is 8.47. The Bertz CT molecular complexity index is 1040. The molecular weight excluding hydrogens is 392 g/mol. The highest BCUT2D eigenvalue weighted by atomic mass is 16.5. The van der Waals surface area contributed by atoms with Gasteiger partial charge in [-0.25, -0.2) is 14.5 Å². The number of imidazole rings is 1. The van der Waals surface area contributed by atoms with Gasteiger partial charge in [-0.2, -0.15) is 4.98 Å². The molecule has 4 rings (SSSR count). The summed E-state index contributed by atoms with van der Waals surface area (Å²) in [6, 6.07) is 2.76. The molecule has 0 aliphatic carbocycles. The minimum absolute atomic E-state index is 0.0255. The highest BCUT2D eigenvalue weighted by Crippen LogP contribution is 2.23. The van der Waals surface area contributed by atoms with Crippen LogP contribution in [0, 0.1) is 6.92 Å². The lowest BCUT2D eigenvalue weighted by Crippen LogP contribution is -2.40. The minimum Gasteiger partial charge on any atom is -0.459 e. The monoisotopic (exact) mass is 424 g/mol. The van der Waals surface area contributed by atoms with Crippen LogP contribution in [0.4, 0.5) is 11.6 Å². The van der Waals surface area contributed by atoms with Crippen LogP contribution in [0.25, 0.3) is 5.65 Å². The van der Waals surface area contributed by atoms with Gasteiger partial charge in [-0.3, -0.25) is 0 Å². The normalized spacial score (nSPS) is 16.1. The Balaban J connectivity index is 1.55. The van der Waals surface area contributed by atoms with Gasteiger partial charge in [0.05, 0.1) is 18.0 Å². The number of piperidine rings is 1. The number of ether oxygens (including phenoxy) is 1. The number of nitrogens with zero attached hydrogens (tertiary/aromatic N) is 6. The van der Waals surface area contributed by atoms with Crippen molar-refractivity contribution in [1.82, 2.24) is 24.6 Å². The molecule has 1 atom stereocenters. The highest BCUT2D eigenvalue weighted by Gasteiger charge is 2.19. The van der Waals surface area contributed by atoms with E-state index in [4.69, 9.17) is 21.2 Å². The summed E-state index contributed by atoms with van der Waals surface area (Å²) >= 11 is 0. The number of nitrogen functional groups attached to an aromatic ring is 1. The quantitative estimate of drug-likeness (QED) is 0.593. The third kappa shape index (κ3) is 4.71. The molecule has 1 aliphatic rings. The van der Waals surface area contributed by atoms with Gasteiger partial charge in [0.2, 0.25) is 0 Å². The second kappa shape index (κ2) is 9.05. The predicted octanol–water partition coefficient (Wildman–Crippen LogP) is 2.50. The molecule has 0 radical (unpaired) electrons. The Hall–Kier alpha value is -2.94. The summed E-state index contributed by atoms with van der Waals surface area (Å²) in [7, 11) is 0. The number of aryl methyl sites for hydroxylation is 1. The molecule has 4 heterocycles. The lowest BCUT2D eigenvalue weighted by atomic mass is 10.0. The maximum absolute atomic E-state index is 6.11. The molecule has 1 fully saturated rings. The van der Waals surface area contributed by atoms with E-state index >= 15 is 0 Å². The zero-order valence-corrected chi connectivity index (χ0v) is 18.6. The van der Waals surface area contributed by atoms with E-state index in [2.05, 4.69) is 39.9 Å². The first kappa shape index (κ1) is 21.3. The Kier molecular flexibility index (Phi) is 6.22. The molecule has 1 unspecified atom stereocenters. The molecule has 9 heteroatoms. The summed E-state index contributed by atoms with van der Waals surface area (Å²) in [5.41, 5.74) is 15.9. The first-order valence-electron chi connectivity index (χ1n) is 11.1. The van der Waals surface area contributed by atoms with Crippen LogP contribution >= 0.6 is 0 Å². The van der Waals surface area contributed by atoms with Crippen LogP contribution < -0.4 is 21.1 Å². The van der Waals surface area contributed by atoms with Gasteiger partial charge >= 0.3 is 6.01 Å². The third-order valence-corrected chi connectivity index (χ3v) is 5.77. The summed E-state index contributed by atoms with van der Waals surface area (Å²) < 4.78 is 7.58. The van der Waals surface area contributed by atoms with E-state index in [1.165, 1.54) is 0 Å². The largest absolute Gasteiger partial charge is 0.459 e. The van der Waals surface area contributed by atoms with Crippen molar-refractivity contribution in [2.24, 2.45) is 5.73 Å². The van der Waals surface area contributed by atoms with Gasteiger partial charge in [0.25, 0.3) is 0 Å². The second-order valence-corrected chi connectivity index (χ2v) is 8.47. The van der Waals surface area contributed by atoms with E-state index in [0.717, 1.165) is 61.4 Å². The average molecular weight is 425 g/mol. The van der Waals surface area contributed by atoms with Crippen LogP contribution in [0.1, 0.15) is 56.4 Å². The van der Waals surface area contributed by atoms with Gasteiger partial charge in [-0.05, 0) is 44.2 Å². The third-order valence-electron chi connectivity index (χ3n) is 5.77. The molecule has 0 spiro atoms. The molecule has 166 valence electrons. The zero-order chi connectivity index (χ0) is 22.0.